The largest absolute Gasteiger partial charge is 0.494 e. The monoisotopic (exact) mass is 644 g/mol. The maximum Gasteiger partial charge on any atom is 0.273 e. The van der Waals surface area contributed by atoms with Gasteiger partial charge in [-0.05, 0) is 92.4 Å². The summed E-state index contributed by atoms with van der Waals surface area (Å²) in [6, 6.07) is 18.4. The molecule has 4 aromatic rings. The number of methoxy groups -OCH3 is 1. The summed E-state index contributed by atoms with van der Waals surface area (Å²) >= 11 is 13.0. The van der Waals surface area contributed by atoms with Crippen molar-refractivity contribution in [3.63, 3.8) is 0 Å². The minimum Gasteiger partial charge on any atom is -0.494 e. The number of non-ortho nitro benzene ring substituents is 1. The standard InChI is InChI=1S/C34H37ClN6O3S/c1-20-14-21(2)19-38(18-20)29-11-9-24(16-27(29)35)40-33(32(37-34(40)45)28-8-6-7-13-36-28)26-15-22(3)39(23(26)4)30-12-10-25(41(42)43)17-31(30)44-5/h6-13,15-17,20-21,32-33H,14,18-19H2,1-5H3,(H,37,45)/t20-,21+,32-,33-/m1/s1. The normalized spacial score (nSPS) is 21.6. The molecule has 6 rings (SSSR count). The van der Waals surface area contributed by atoms with E-state index >= 15 is 0 Å². The Morgan fingerprint density at radius 3 is 2.42 bits per heavy atom. The molecule has 45 heavy (non-hydrogen) atoms. The van der Waals surface area contributed by atoms with Crippen LogP contribution in [0.3, 0.4) is 0 Å². The number of benzene rings is 2. The van der Waals surface area contributed by atoms with Crippen LogP contribution in [0.1, 0.15) is 55.0 Å². The number of nitro benzene ring substituents is 1. The molecule has 2 aliphatic rings. The van der Waals surface area contributed by atoms with Gasteiger partial charge in [0.1, 0.15) is 5.75 Å². The van der Waals surface area contributed by atoms with E-state index in [1.807, 2.05) is 38.1 Å². The lowest BCUT2D eigenvalue weighted by atomic mass is 9.91. The van der Waals surface area contributed by atoms with Crippen molar-refractivity contribution in [1.82, 2.24) is 14.9 Å². The Balaban J connectivity index is 1.45. The summed E-state index contributed by atoms with van der Waals surface area (Å²) in [6.45, 7) is 10.6. The van der Waals surface area contributed by atoms with E-state index in [-0.39, 0.29) is 17.8 Å². The molecule has 0 spiro atoms. The van der Waals surface area contributed by atoms with E-state index in [1.165, 1.54) is 25.7 Å². The topological polar surface area (TPSA) is 88.7 Å². The van der Waals surface area contributed by atoms with E-state index in [0.717, 1.165) is 52.8 Å². The van der Waals surface area contributed by atoms with Crippen LogP contribution in [0, 0.1) is 35.8 Å². The lowest BCUT2D eigenvalue weighted by Gasteiger charge is -2.37. The first-order chi connectivity index (χ1) is 21.6. The summed E-state index contributed by atoms with van der Waals surface area (Å²) in [6.07, 6.45) is 3.01. The minimum atomic E-state index is -0.420. The second-order valence-corrected chi connectivity index (χ2v) is 13.1. The van der Waals surface area contributed by atoms with Crippen molar-refractivity contribution in [3.05, 3.63) is 105 Å². The van der Waals surface area contributed by atoms with Gasteiger partial charge in [0, 0.05) is 42.4 Å². The van der Waals surface area contributed by atoms with Crippen molar-refractivity contribution in [3.8, 4) is 11.4 Å². The van der Waals surface area contributed by atoms with Crippen LogP contribution < -0.4 is 19.9 Å². The number of rotatable bonds is 7. The van der Waals surface area contributed by atoms with E-state index in [0.29, 0.717) is 27.7 Å². The summed E-state index contributed by atoms with van der Waals surface area (Å²) in [4.78, 5) is 20.3. The van der Waals surface area contributed by atoms with Gasteiger partial charge in [0.05, 0.1) is 52.3 Å². The summed E-state index contributed by atoms with van der Waals surface area (Å²) in [7, 11) is 1.52. The van der Waals surface area contributed by atoms with Gasteiger partial charge in [-0.15, -0.1) is 0 Å². The molecular formula is C34H37ClN6O3S. The quantitative estimate of drug-likeness (QED) is 0.124. The van der Waals surface area contributed by atoms with Crippen molar-refractivity contribution >= 4 is 46.0 Å². The van der Waals surface area contributed by atoms with Gasteiger partial charge in [-0.25, -0.2) is 0 Å². The summed E-state index contributed by atoms with van der Waals surface area (Å²) in [5.74, 6) is 1.63. The Labute approximate surface area is 273 Å². The number of ether oxygens (including phenoxy) is 1. The number of piperidine rings is 1. The number of nitrogens with zero attached hydrogens (tertiary/aromatic N) is 5. The lowest BCUT2D eigenvalue weighted by molar-refractivity contribution is -0.384. The van der Waals surface area contributed by atoms with Gasteiger partial charge in [0.25, 0.3) is 5.69 Å². The van der Waals surface area contributed by atoms with E-state index in [1.54, 1.807) is 12.3 Å². The molecule has 0 unspecified atom stereocenters. The molecule has 2 aromatic heterocycles. The number of hydrogen-bond donors (Lipinski definition) is 1. The number of hydrogen-bond acceptors (Lipinski definition) is 6. The molecule has 2 aromatic carbocycles. The van der Waals surface area contributed by atoms with Gasteiger partial charge in [0.15, 0.2) is 5.11 Å². The van der Waals surface area contributed by atoms with Gasteiger partial charge >= 0.3 is 0 Å². The number of nitrogens with one attached hydrogen (secondary N) is 1. The van der Waals surface area contributed by atoms with Crippen LogP contribution in [0.5, 0.6) is 5.75 Å². The molecule has 234 valence electrons. The van der Waals surface area contributed by atoms with Crippen LogP contribution in [0.15, 0.2) is 66.9 Å². The maximum absolute atomic E-state index is 11.5. The Morgan fingerprint density at radius 2 is 1.78 bits per heavy atom. The summed E-state index contributed by atoms with van der Waals surface area (Å²) < 4.78 is 7.69. The molecule has 2 aliphatic heterocycles. The summed E-state index contributed by atoms with van der Waals surface area (Å²) in [5, 5.41) is 16.3. The molecule has 0 bridgehead atoms. The molecule has 0 aliphatic carbocycles. The third-order valence-electron chi connectivity index (χ3n) is 8.92. The Kier molecular flexibility index (Phi) is 8.45. The fraction of sp³-hybridized carbons (Fsp3) is 0.353. The van der Waals surface area contributed by atoms with Crippen LogP contribution in [0.25, 0.3) is 5.69 Å². The van der Waals surface area contributed by atoms with Crippen LogP contribution >= 0.6 is 23.8 Å². The van der Waals surface area contributed by atoms with E-state index in [4.69, 9.17) is 33.5 Å². The highest BCUT2D eigenvalue weighted by molar-refractivity contribution is 7.80. The van der Waals surface area contributed by atoms with Crippen molar-refractivity contribution in [2.75, 3.05) is 30.0 Å². The zero-order chi connectivity index (χ0) is 32.0. The second-order valence-electron chi connectivity index (χ2n) is 12.3. The first kappa shape index (κ1) is 30.9. The molecule has 4 atom stereocenters. The Bertz CT molecular complexity index is 1750. The number of anilines is 2. The average molecular weight is 645 g/mol. The second kappa shape index (κ2) is 12.3. The number of nitro groups is 1. The molecule has 4 heterocycles. The van der Waals surface area contributed by atoms with Gasteiger partial charge in [-0.2, -0.15) is 0 Å². The van der Waals surface area contributed by atoms with Crippen LogP contribution in [0.4, 0.5) is 17.1 Å². The number of aryl methyl sites for hydroxylation is 1. The zero-order valence-corrected chi connectivity index (χ0v) is 27.6. The Morgan fingerprint density at radius 1 is 1.04 bits per heavy atom. The molecular weight excluding hydrogens is 608 g/mol. The molecule has 2 fully saturated rings. The molecule has 9 nitrogen and oxygen atoms in total. The molecule has 2 saturated heterocycles. The first-order valence-electron chi connectivity index (χ1n) is 15.1. The molecule has 11 heteroatoms. The van der Waals surface area contributed by atoms with Crippen LogP contribution in [-0.4, -0.2) is 39.8 Å². The third-order valence-corrected chi connectivity index (χ3v) is 9.54. The smallest absolute Gasteiger partial charge is 0.273 e. The fourth-order valence-corrected chi connectivity index (χ4v) is 7.77. The van der Waals surface area contributed by atoms with Crippen molar-refractivity contribution in [1.29, 1.82) is 0 Å². The predicted octanol–water partition coefficient (Wildman–Crippen LogP) is 7.72. The number of thiocarbonyl (C=S) groups is 1. The van der Waals surface area contributed by atoms with Crippen LogP contribution in [-0.2, 0) is 0 Å². The fourth-order valence-electron chi connectivity index (χ4n) is 7.13. The van der Waals surface area contributed by atoms with Gasteiger partial charge < -0.3 is 24.4 Å². The highest BCUT2D eigenvalue weighted by atomic mass is 35.5. The average Bonchev–Trinajstić information content (AvgIpc) is 3.50. The van der Waals surface area contributed by atoms with Gasteiger partial charge in [-0.3, -0.25) is 15.1 Å². The third kappa shape index (κ3) is 5.73. The molecule has 0 saturated carbocycles. The van der Waals surface area contributed by atoms with E-state index in [9.17, 15) is 10.1 Å². The van der Waals surface area contributed by atoms with E-state index < -0.39 is 4.92 Å². The lowest BCUT2D eigenvalue weighted by Crippen LogP contribution is -2.38. The first-order valence-corrected chi connectivity index (χ1v) is 15.9. The minimum absolute atomic E-state index is 0.0289. The SMILES string of the molecule is COc1cc([N+](=O)[O-])ccc1-n1c(C)cc([C@@H]2[C@@H](c3ccccn3)NC(=S)N2c2ccc(N3C[C@H](C)C[C@H](C)C3)c(Cl)c2)c1C. The van der Waals surface area contributed by atoms with Crippen LogP contribution in [0.2, 0.25) is 5.02 Å². The highest BCUT2D eigenvalue weighted by Crippen LogP contribution is 2.46. The van der Waals surface area contributed by atoms with Gasteiger partial charge in [-0.1, -0.05) is 31.5 Å². The van der Waals surface area contributed by atoms with Gasteiger partial charge in [0.2, 0.25) is 0 Å². The highest BCUT2D eigenvalue weighted by Gasteiger charge is 2.42. The maximum atomic E-state index is 11.5. The molecule has 1 N–H and O–H groups in total. The van der Waals surface area contributed by atoms with Crippen molar-refractivity contribution in [2.24, 2.45) is 11.8 Å². The van der Waals surface area contributed by atoms with E-state index in [2.05, 4.69) is 51.7 Å². The van der Waals surface area contributed by atoms with Crippen molar-refractivity contribution < 1.29 is 9.66 Å². The zero-order valence-electron chi connectivity index (χ0n) is 26.0. The van der Waals surface area contributed by atoms with Crippen molar-refractivity contribution in [2.45, 2.75) is 46.2 Å². The summed E-state index contributed by atoms with van der Waals surface area (Å²) in [5.41, 5.74) is 6.43. The Hall–Kier alpha value is -4.15. The molecule has 0 amide bonds. The predicted molar refractivity (Wildman–Crippen MR) is 183 cm³/mol. The number of aromatic nitrogens is 2. The number of pyridine rings is 1. The number of halogens is 1. The molecule has 0 radical (unpaired) electrons.